The van der Waals surface area contributed by atoms with Crippen molar-refractivity contribution in [1.29, 1.82) is 0 Å². The van der Waals surface area contributed by atoms with Crippen molar-refractivity contribution in [3.8, 4) is 0 Å². The van der Waals surface area contributed by atoms with Crippen molar-refractivity contribution in [2.45, 2.75) is 58.1 Å². The zero-order valence-corrected chi connectivity index (χ0v) is 14.7. The second kappa shape index (κ2) is 7.08. The fourth-order valence-corrected chi connectivity index (χ4v) is 3.63. The first-order valence-electron chi connectivity index (χ1n) is 7.36. The molecule has 0 aromatic heterocycles. The predicted molar refractivity (Wildman–Crippen MR) is 87.2 cm³/mol. The first kappa shape index (κ1) is 19.1. The molecule has 0 fully saturated rings. The number of hydrogen-bond donors (Lipinski definition) is 3. The van der Waals surface area contributed by atoms with Crippen LogP contribution in [0, 0.1) is 19.3 Å². The smallest absolute Gasteiger partial charge is 0.241 e. The molecule has 0 aliphatic rings. The third-order valence-electron chi connectivity index (χ3n) is 3.68. The van der Waals surface area contributed by atoms with E-state index in [1.807, 2.05) is 33.8 Å². The maximum absolute atomic E-state index is 12.5. The molecule has 0 unspecified atom stereocenters. The predicted octanol–water partition coefficient (Wildman–Crippen LogP) is 1.74. The van der Waals surface area contributed by atoms with Crippen molar-refractivity contribution in [3.05, 3.63) is 29.3 Å². The van der Waals surface area contributed by atoms with Crippen LogP contribution >= 0.6 is 0 Å². The maximum Gasteiger partial charge on any atom is 0.241 e. The van der Waals surface area contributed by atoms with Gasteiger partial charge in [-0.1, -0.05) is 32.9 Å². The zero-order chi connectivity index (χ0) is 17.1. The highest BCUT2D eigenvalue weighted by Crippen LogP contribution is 2.23. The van der Waals surface area contributed by atoms with Gasteiger partial charge in [-0.05, 0) is 42.9 Å². The van der Waals surface area contributed by atoms with Crippen LogP contribution in [0.2, 0.25) is 0 Å². The molecule has 0 aliphatic carbocycles. The summed E-state index contributed by atoms with van der Waals surface area (Å²) >= 11 is 0. The first-order chi connectivity index (χ1) is 9.97. The Morgan fingerprint density at radius 2 is 1.82 bits per heavy atom. The molecular formula is C16H27NO4S. The van der Waals surface area contributed by atoms with Crippen LogP contribution in [-0.2, 0) is 10.0 Å². The van der Waals surface area contributed by atoms with Crippen LogP contribution in [0.3, 0.4) is 0 Å². The molecule has 6 heteroatoms. The van der Waals surface area contributed by atoms with Gasteiger partial charge in [-0.15, -0.1) is 0 Å². The molecule has 5 nitrogen and oxygen atoms in total. The van der Waals surface area contributed by atoms with Crippen molar-refractivity contribution in [2.24, 2.45) is 5.41 Å². The number of nitrogens with one attached hydrogen (secondary N) is 1. The number of hydrogen-bond acceptors (Lipinski definition) is 4. The lowest BCUT2D eigenvalue weighted by Crippen LogP contribution is -2.42. The fraction of sp³-hybridized carbons (Fsp3) is 0.625. The van der Waals surface area contributed by atoms with Crippen LogP contribution in [0.5, 0.6) is 0 Å². The van der Waals surface area contributed by atoms with E-state index in [-0.39, 0.29) is 23.3 Å². The van der Waals surface area contributed by atoms with Gasteiger partial charge in [0.25, 0.3) is 0 Å². The molecule has 1 rings (SSSR count). The molecule has 0 aliphatic heterocycles. The summed E-state index contributed by atoms with van der Waals surface area (Å²) < 4.78 is 27.5. The average Bonchev–Trinajstić information content (AvgIpc) is 2.39. The molecule has 1 aromatic rings. The Morgan fingerprint density at radius 3 is 2.32 bits per heavy atom. The highest BCUT2D eigenvalue weighted by Gasteiger charge is 2.28. The van der Waals surface area contributed by atoms with E-state index in [1.54, 1.807) is 19.1 Å². The molecule has 0 heterocycles. The van der Waals surface area contributed by atoms with Crippen molar-refractivity contribution >= 4 is 10.0 Å². The zero-order valence-electron chi connectivity index (χ0n) is 13.9. The molecule has 0 saturated carbocycles. The van der Waals surface area contributed by atoms with Gasteiger partial charge in [0.2, 0.25) is 10.0 Å². The Balaban J connectivity index is 2.96. The topological polar surface area (TPSA) is 86.6 Å². The van der Waals surface area contributed by atoms with Crippen molar-refractivity contribution in [3.63, 3.8) is 0 Å². The fourth-order valence-electron chi connectivity index (χ4n) is 2.06. The summed E-state index contributed by atoms with van der Waals surface area (Å²) in [6, 6.07) is 4.48. The van der Waals surface area contributed by atoms with E-state index in [1.165, 1.54) is 0 Å². The van der Waals surface area contributed by atoms with E-state index in [4.69, 9.17) is 0 Å². The number of aryl methyl sites for hydroxylation is 2. The Labute approximate surface area is 133 Å². The standard InChI is InChI=1S/C16H27NO4S/c1-11-6-7-12(2)14(8-11)22(20,21)17-13(10-18)9-15(19)16(3,4)5/h6-8,13,15,17-19H,9-10H2,1-5H3/t13-,15+/m1/s1. The van der Waals surface area contributed by atoms with Crippen LogP contribution in [0.15, 0.2) is 23.1 Å². The minimum Gasteiger partial charge on any atom is -0.395 e. The summed E-state index contributed by atoms with van der Waals surface area (Å²) in [6.07, 6.45) is -0.560. The molecule has 2 atom stereocenters. The Morgan fingerprint density at radius 1 is 1.23 bits per heavy atom. The van der Waals surface area contributed by atoms with Gasteiger partial charge in [-0.2, -0.15) is 0 Å². The van der Waals surface area contributed by atoms with E-state index < -0.39 is 22.2 Å². The normalized spacial score (nSPS) is 15.6. The Kier molecular flexibility index (Phi) is 6.15. The molecule has 0 amide bonds. The van der Waals surface area contributed by atoms with Gasteiger partial charge in [0, 0.05) is 6.04 Å². The lowest BCUT2D eigenvalue weighted by atomic mass is 9.86. The number of sulfonamides is 1. The molecule has 0 bridgehead atoms. The lowest BCUT2D eigenvalue weighted by molar-refractivity contribution is 0.0420. The highest BCUT2D eigenvalue weighted by molar-refractivity contribution is 7.89. The van der Waals surface area contributed by atoms with Crippen molar-refractivity contribution in [1.82, 2.24) is 4.72 Å². The Hall–Kier alpha value is -0.950. The van der Waals surface area contributed by atoms with Crippen molar-refractivity contribution < 1.29 is 18.6 Å². The van der Waals surface area contributed by atoms with E-state index in [2.05, 4.69) is 4.72 Å². The van der Waals surface area contributed by atoms with Gasteiger partial charge in [0.1, 0.15) is 0 Å². The second-order valence-electron chi connectivity index (χ2n) is 6.89. The minimum atomic E-state index is -3.74. The number of aliphatic hydroxyl groups excluding tert-OH is 2. The Bertz CT molecular complexity index is 605. The highest BCUT2D eigenvalue weighted by atomic mass is 32.2. The van der Waals surface area contributed by atoms with Crippen LogP contribution < -0.4 is 4.72 Å². The number of rotatable bonds is 6. The van der Waals surface area contributed by atoms with Gasteiger partial charge >= 0.3 is 0 Å². The van der Waals surface area contributed by atoms with E-state index >= 15 is 0 Å². The monoisotopic (exact) mass is 329 g/mol. The van der Waals surface area contributed by atoms with Gasteiger partial charge in [0.15, 0.2) is 0 Å². The molecule has 0 saturated heterocycles. The van der Waals surface area contributed by atoms with Crippen LogP contribution in [0.1, 0.15) is 38.3 Å². The van der Waals surface area contributed by atoms with Gasteiger partial charge in [-0.25, -0.2) is 13.1 Å². The SMILES string of the molecule is Cc1ccc(C)c(S(=O)(=O)N[C@@H](CO)C[C@H](O)C(C)(C)C)c1. The molecule has 1 aromatic carbocycles. The van der Waals surface area contributed by atoms with Crippen molar-refractivity contribution in [2.75, 3.05) is 6.61 Å². The minimum absolute atomic E-state index is 0.157. The maximum atomic E-state index is 12.5. The molecule has 126 valence electrons. The van der Waals surface area contributed by atoms with Gasteiger partial charge in [0.05, 0.1) is 17.6 Å². The summed E-state index contributed by atoms with van der Waals surface area (Å²) in [5, 5.41) is 19.5. The summed E-state index contributed by atoms with van der Waals surface area (Å²) in [7, 11) is -3.74. The van der Waals surface area contributed by atoms with Gasteiger partial charge < -0.3 is 10.2 Å². The molecule has 3 N–H and O–H groups in total. The summed E-state index contributed by atoms with van der Waals surface area (Å²) in [4.78, 5) is 0.205. The summed E-state index contributed by atoms with van der Waals surface area (Å²) in [6.45, 7) is 8.79. The van der Waals surface area contributed by atoms with E-state index in [0.29, 0.717) is 5.56 Å². The van der Waals surface area contributed by atoms with Crippen LogP contribution in [0.25, 0.3) is 0 Å². The molecule has 0 radical (unpaired) electrons. The quantitative estimate of drug-likeness (QED) is 0.742. The largest absolute Gasteiger partial charge is 0.395 e. The molecular weight excluding hydrogens is 302 g/mol. The summed E-state index contributed by atoms with van der Waals surface area (Å²) in [5.41, 5.74) is 1.12. The second-order valence-corrected chi connectivity index (χ2v) is 8.57. The number of aliphatic hydroxyl groups is 2. The molecule has 22 heavy (non-hydrogen) atoms. The summed E-state index contributed by atoms with van der Waals surface area (Å²) in [5.74, 6) is 0. The van der Waals surface area contributed by atoms with Crippen LogP contribution in [-0.4, -0.2) is 37.4 Å². The lowest BCUT2D eigenvalue weighted by Gasteiger charge is -2.29. The average molecular weight is 329 g/mol. The third kappa shape index (κ3) is 5.05. The number of benzene rings is 1. The first-order valence-corrected chi connectivity index (χ1v) is 8.84. The molecule has 0 spiro atoms. The van der Waals surface area contributed by atoms with Crippen LogP contribution in [0.4, 0.5) is 0 Å². The van der Waals surface area contributed by atoms with Gasteiger partial charge in [-0.3, -0.25) is 0 Å². The third-order valence-corrected chi connectivity index (χ3v) is 5.35. The van der Waals surface area contributed by atoms with E-state index in [9.17, 15) is 18.6 Å². The van der Waals surface area contributed by atoms with E-state index in [0.717, 1.165) is 5.56 Å².